The predicted molar refractivity (Wildman–Crippen MR) is 100 cm³/mol. The lowest BCUT2D eigenvalue weighted by molar-refractivity contribution is -0.124. The van der Waals surface area contributed by atoms with Crippen LogP contribution in [0.4, 0.5) is 10.1 Å². The van der Waals surface area contributed by atoms with Gasteiger partial charge in [0.05, 0.1) is 18.2 Å². The summed E-state index contributed by atoms with van der Waals surface area (Å²) < 4.78 is 23.8. The van der Waals surface area contributed by atoms with E-state index in [1.807, 2.05) is 6.07 Å². The monoisotopic (exact) mass is 399 g/mol. The van der Waals surface area contributed by atoms with E-state index in [0.717, 1.165) is 0 Å². The topological polar surface area (TPSA) is 118 Å². The lowest BCUT2D eigenvalue weighted by Crippen LogP contribution is -2.29. The van der Waals surface area contributed by atoms with Gasteiger partial charge in [-0.15, -0.1) is 0 Å². The highest BCUT2D eigenvalue weighted by atomic mass is 19.1. The quantitative estimate of drug-likeness (QED) is 0.492. The number of carbonyl (C=O) groups excluding carboxylic acids is 3. The first-order chi connectivity index (χ1) is 14.0. The van der Waals surface area contributed by atoms with Crippen LogP contribution >= 0.6 is 0 Å². The molecule has 0 aliphatic carbocycles. The van der Waals surface area contributed by atoms with Crippen molar-refractivity contribution in [1.29, 1.82) is 5.26 Å². The van der Waals surface area contributed by atoms with Gasteiger partial charge in [0.15, 0.2) is 13.2 Å². The summed E-state index contributed by atoms with van der Waals surface area (Å²) in [6.07, 6.45) is 0.144. The van der Waals surface area contributed by atoms with Crippen molar-refractivity contribution < 1.29 is 28.2 Å². The molecule has 0 heterocycles. The van der Waals surface area contributed by atoms with E-state index in [4.69, 9.17) is 14.7 Å². The summed E-state index contributed by atoms with van der Waals surface area (Å²) in [6.45, 7) is -0.830. The van der Waals surface area contributed by atoms with Gasteiger partial charge in [-0.1, -0.05) is 24.3 Å². The predicted octanol–water partition coefficient (Wildman–Crippen LogP) is 2.03. The molecule has 0 saturated carbocycles. The number of nitriles is 1. The smallest absolute Gasteiger partial charge is 0.342 e. The number of amides is 2. The fraction of sp³-hybridized carbons (Fsp3) is 0.200. The van der Waals surface area contributed by atoms with E-state index >= 15 is 0 Å². The van der Waals surface area contributed by atoms with Gasteiger partial charge in [-0.2, -0.15) is 5.26 Å². The molecule has 2 amide bonds. The molecule has 0 aliphatic rings. The molecule has 0 radical (unpaired) electrons. The molecular formula is C20H18FN3O5. The molecule has 0 atom stereocenters. The van der Waals surface area contributed by atoms with Gasteiger partial charge in [-0.3, -0.25) is 9.59 Å². The first-order valence-electron chi connectivity index (χ1n) is 8.58. The van der Waals surface area contributed by atoms with E-state index in [1.54, 1.807) is 18.2 Å². The SMILES string of the molecule is N#CCCNC(=O)COC(=O)c1ccccc1OCC(=O)Nc1ccccc1F. The normalized spacial score (nSPS) is 9.79. The second kappa shape index (κ2) is 11.0. The highest BCUT2D eigenvalue weighted by molar-refractivity contribution is 5.95. The standard InChI is InChI=1S/C20H18FN3O5/c21-15-7-2-3-8-16(15)24-19(26)13-28-17-9-4-1-6-14(17)20(27)29-12-18(25)23-11-5-10-22/h1-4,6-9H,5,11-13H2,(H,23,25)(H,24,26). The van der Waals surface area contributed by atoms with E-state index in [0.29, 0.717) is 0 Å². The molecule has 2 aromatic rings. The summed E-state index contributed by atoms with van der Waals surface area (Å²) >= 11 is 0. The minimum absolute atomic E-state index is 0.0104. The lowest BCUT2D eigenvalue weighted by Gasteiger charge is -2.11. The minimum Gasteiger partial charge on any atom is -0.483 e. The molecule has 0 fully saturated rings. The van der Waals surface area contributed by atoms with Crippen molar-refractivity contribution in [2.24, 2.45) is 0 Å². The zero-order chi connectivity index (χ0) is 21.1. The Morgan fingerprint density at radius 3 is 2.48 bits per heavy atom. The van der Waals surface area contributed by atoms with Crippen molar-refractivity contribution in [3.05, 3.63) is 59.9 Å². The highest BCUT2D eigenvalue weighted by Gasteiger charge is 2.16. The third-order valence-electron chi connectivity index (χ3n) is 3.51. The molecule has 2 N–H and O–H groups in total. The number of nitrogens with one attached hydrogen (secondary N) is 2. The van der Waals surface area contributed by atoms with Crippen molar-refractivity contribution in [3.63, 3.8) is 0 Å². The van der Waals surface area contributed by atoms with Crippen LogP contribution in [-0.2, 0) is 14.3 Å². The molecule has 9 heteroatoms. The number of hydrogen-bond acceptors (Lipinski definition) is 6. The van der Waals surface area contributed by atoms with Crippen LogP contribution in [0.3, 0.4) is 0 Å². The maximum atomic E-state index is 13.6. The maximum Gasteiger partial charge on any atom is 0.342 e. The van der Waals surface area contributed by atoms with Gasteiger partial charge in [-0.05, 0) is 24.3 Å². The molecule has 0 unspecified atom stereocenters. The Hall–Kier alpha value is -3.93. The lowest BCUT2D eigenvalue weighted by atomic mass is 10.2. The van der Waals surface area contributed by atoms with Gasteiger partial charge in [0.2, 0.25) is 0 Å². The van der Waals surface area contributed by atoms with Gasteiger partial charge >= 0.3 is 5.97 Å². The summed E-state index contributed by atoms with van der Waals surface area (Å²) in [5, 5.41) is 13.2. The summed E-state index contributed by atoms with van der Waals surface area (Å²) in [6, 6.07) is 13.6. The molecule has 2 rings (SSSR count). The van der Waals surface area contributed by atoms with Crippen LogP contribution in [0.25, 0.3) is 0 Å². The number of anilines is 1. The Morgan fingerprint density at radius 2 is 1.72 bits per heavy atom. The van der Waals surface area contributed by atoms with E-state index in [9.17, 15) is 18.8 Å². The Kier molecular flexibility index (Phi) is 8.13. The fourth-order valence-corrected chi connectivity index (χ4v) is 2.17. The zero-order valence-electron chi connectivity index (χ0n) is 15.3. The largest absolute Gasteiger partial charge is 0.483 e. The van der Waals surface area contributed by atoms with Crippen LogP contribution in [0.1, 0.15) is 16.8 Å². The summed E-state index contributed by atoms with van der Waals surface area (Å²) in [4.78, 5) is 35.7. The first-order valence-corrected chi connectivity index (χ1v) is 8.58. The van der Waals surface area contributed by atoms with E-state index in [-0.39, 0.29) is 30.0 Å². The number of ether oxygens (including phenoxy) is 2. The van der Waals surface area contributed by atoms with Gasteiger partial charge in [0.1, 0.15) is 17.1 Å². The van der Waals surface area contributed by atoms with E-state index in [2.05, 4.69) is 10.6 Å². The van der Waals surface area contributed by atoms with Gasteiger partial charge in [0, 0.05) is 6.54 Å². The number of hydrogen-bond donors (Lipinski definition) is 2. The Bertz CT molecular complexity index is 926. The highest BCUT2D eigenvalue weighted by Crippen LogP contribution is 2.19. The van der Waals surface area contributed by atoms with Crippen molar-refractivity contribution >= 4 is 23.5 Å². The van der Waals surface area contributed by atoms with Crippen LogP contribution in [0, 0.1) is 17.1 Å². The molecule has 150 valence electrons. The molecule has 0 bridgehead atoms. The fourth-order valence-electron chi connectivity index (χ4n) is 2.17. The molecule has 0 aliphatic heterocycles. The van der Waals surface area contributed by atoms with Gasteiger partial charge in [0.25, 0.3) is 11.8 Å². The molecule has 8 nitrogen and oxygen atoms in total. The molecule has 0 saturated heterocycles. The van der Waals surface area contributed by atoms with E-state index < -0.39 is 36.8 Å². The van der Waals surface area contributed by atoms with Crippen LogP contribution in [-0.4, -0.2) is 37.5 Å². The number of nitrogens with zero attached hydrogens (tertiary/aromatic N) is 1. The summed E-state index contributed by atoms with van der Waals surface area (Å²) in [5.74, 6) is -2.49. The van der Waals surface area contributed by atoms with Gasteiger partial charge in [-0.25, -0.2) is 9.18 Å². The molecule has 0 aromatic heterocycles. The van der Waals surface area contributed by atoms with Gasteiger partial charge < -0.3 is 20.1 Å². The van der Waals surface area contributed by atoms with Crippen LogP contribution in [0.15, 0.2) is 48.5 Å². The van der Waals surface area contributed by atoms with Crippen molar-refractivity contribution in [2.75, 3.05) is 25.1 Å². The summed E-state index contributed by atoms with van der Waals surface area (Å²) in [7, 11) is 0. The van der Waals surface area contributed by atoms with Crippen molar-refractivity contribution in [1.82, 2.24) is 5.32 Å². The number of rotatable bonds is 9. The third-order valence-corrected chi connectivity index (χ3v) is 3.51. The maximum absolute atomic E-state index is 13.6. The Labute approximate surface area is 166 Å². The number of halogens is 1. The average Bonchev–Trinajstić information content (AvgIpc) is 2.72. The molecule has 29 heavy (non-hydrogen) atoms. The Balaban J connectivity index is 1.90. The molecular weight excluding hydrogens is 381 g/mol. The van der Waals surface area contributed by atoms with Crippen molar-refractivity contribution in [2.45, 2.75) is 6.42 Å². The number of para-hydroxylation sites is 2. The van der Waals surface area contributed by atoms with Crippen LogP contribution in [0.5, 0.6) is 5.75 Å². The second-order valence-electron chi connectivity index (χ2n) is 5.65. The minimum atomic E-state index is -0.814. The molecule has 0 spiro atoms. The van der Waals surface area contributed by atoms with Crippen molar-refractivity contribution in [3.8, 4) is 11.8 Å². The van der Waals surface area contributed by atoms with Crippen LogP contribution in [0.2, 0.25) is 0 Å². The Morgan fingerprint density at radius 1 is 1.00 bits per heavy atom. The van der Waals surface area contributed by atoms with E-state index in [1.165, 1.54) is 30.3 Å². The zero-order valence-corrected chi connectivity index (χ0v) is 15.3. The number of carbonyl (C=O) groups is 3. The second-order valence-corrected chi connectivity index (χ2v) is 5.65. The third kappa shape index (κ3) is 6.95. The summed E-state index contributed by atoms with van der Waals surface area (Å²) in [5.41, 5.74) is 0.0345. The average molecular weight is 399 g/mol. The molecule has 2 aromatic carbocycles. The number of esters is 1. The first kappa shape index (κ1) is 21.4. The van der Waals surface area contributed by atoms with Crippen LogP contribution < -0.4 is 15.4 Å². The number of benzene rings is 2.